The van der Waals surface area contributed by atoms with E-state index in [4.69, 9.17) is 0 Å². The van der Waals surface area contributed by atoms with Crippen LogP contribution in [0.4, 0.5) is 21.5 Å². The zero-order valence-electron chi connectivity index (χ0n) is 25.4. The summed E-state index contributed by atoms with van der Waals surface area (Å²) in [5, 5.41) is 5.71. The number of rotatable bonds is 7. The average molecular weight is 742 g/mol. The third kappa shape index (κ3) is 9.12. The van der Waals surface area contributed by atoms with Crippen LogP contribution in [0.1, 0.15) is 7.43 Å². The van der Waals surface area contributed by atoms with Gasteiger partial charge in [-0.25, -0.2) is 0 Å². The first kappa shape index (κ1) is 35.9. The Labute approximate surface area is 294 Å². The van der Waals surface area contributed by atoms with E-state index in [0.29, 0.717) is 0 Å². The summed E-state index contributed by atoms with van der Waals surface area (Å²) in [6, 6.07) is 59.3. The maximum Gasteiger partial charge on any atom is 2.00 e. The molecule has 0 unspecified atom stereocenters. The maximum absolute atomic E-state index is 12.9. The number of nitrogens with zero attached hydrogens (tertiary/aromatic N) is 2. The summed E-state index contributed by atoms with van der Waals surface area (Å²) in [7, 11) is 0.0605. The van der Waals surface area contributed by atoms with Crippen LogP contribution in [0.15, 0.2) is 175 Å². The first-order chi connectivity index (χ1) is 22.2. The summed E-state index contributed by atoms with van der Waals surface area (Å²) in [6.07, 6.45) is 0. The van der Waals surface area contributed by atoms with Crippen LogP contribution in [0.25, 0.3) is 0 Å². The molecule has 0 saturated heterocycles. The van der Waals surface area contributed by atoms with Crippen molar-refractivity contribution in [1.82, 2.24) is 0 Å². The zero-order valence-corrected chi connectivity index (χ0v) is 29.2. The largest absolute Gasteiger partial charge is 2.00 e. The van der Waals surface area contributed by atoms with Crippen LogP contribution in [0.5, 0.6) is 0 Å². The molecule has 7 rings (SSSR count). The van der Waals surface area contributed by atoms with Gasteiger partial charge in [0.15, 0.2) is 0 Å². The summed E-state index contributed by atoms with van der Waals surface area (Å²) in [6.45, 7) is 1.97. The number of hydrogen-bond donors (Lipinski definition) is 0. The van der Waals surface area contributed by atoms with E-state index in [0.717, 1.165) is 17.1 Å². The molecule has 0 atom stereocenters. The Morgan fingerprint density at radius 2 is 0.936 bits per heavy atom. The van der Waals surface area contributed by atoms with Crippen LogP contribution < -0.4 is 31.0 Å². The minimum absolute atomic E-state index is 0. The first-order valence-electron chi connectivity index (χ1n) is 14.9. The van der Waals surface area contributed by atoms with Gasteiger partial charge in [-0.15, -0.1) is 23.9 Å². The molecule has 236 valence electrons. The van der Waals surface area contributed by atoms with E-state index >= 15 is 0 Å². The predicted molar refractivity (Wildman–Crippen MR) is 203 cm³/mol. The summed E-state index contributed by atoms with van der Waals surface area (Å²) < 4.78 is 12.9. The van der Waals surface area contributed by atoms with E-state index in [1.807, 2.05) is 41.7 Å². The van der Waals surface area contributed by atoms with Crippen molar-refractivity contribution in [2.24, 2.45) is 0 Å². The van der Waals surface area contributed by atoms with E-state index in [1.54, 1.807) is 6.07 Å². The van der Waals surface area contributed by atoms with Crippen molar-refractivity contribution in [2.75, 3.05) is 16.8 Å². The van der Waals surface area contributed by atoms with Gasteiger partial charge in [-0.05, 0) is 67.7 Å². The van der Waals surface area contributed by atoms with E-state index in [-0.39, 0.29) is 32.7 Å². The van der Waals surface area contributed by atoms with Crippen molar-refractivity contribution in [1.29, 1.82) is 0 Å². The Balaban J connectivity index is 0.000000226. The number of halogens is 1. The summed E-state index contributed by atoms with van der Waals surface area (Å²) in [5.41, 5.74) is 3.05. The molecular formula is C41H39FN2P2Ru+2. The molecule has 6 aromatic carbocycles. The molecule has 1 aliphatic heterocycles. The number of benzene rings is 6. The van der Waals surface area contributed by atoms with E-state index in [9.17, 15) is 4.39 Å². The molecule has 0 radical (unpaired) electrons. The molecule has 1 aliphatic rings. The Morgan fingerprint density at radius 1 is 0.553 bits per heavy atom. The second kappa shape index (κ2) is 17.8. The Hall–Kier alpha value is -3.93. The predicted octanol–water partition coefficient (Wildman–Crippen LogP) is 9.15. The molecule has 47 heavy (non-hydrogen) atoms. The molecule has 0 aromatic heterocycles. The fourth-order valence-corrected chi connectivity index (χ4v) is 10.3. The van der Waals surface area contributed by atoms with Crippen LogP contribution in [-0.4, -0.2) is 7.05 Å². The molecule has 2 nitrogen and oxygen atoms in total. The van der Waals surface area contributed by atoms with Gasteiger partial charge in [0.25, 0.3) is 0 Å². The molecule has 1 heterocycles. The van der Waals surface area contributed by atoms with Crippen molar-refractivity contribution in [3.8, 4) is 0 Å². The third-order valence-corrected chi connectivity index (χ3v) is 12.7. The molecule has 0 aliphatic carbocycles. The molecule has 6 heteroatoms. The van der Waals surface area contributed by atoms with Crippen molar-refractivity contribution >= 4 is 54.1 Å². The second-order valence-corrected chi connectivity index (χ2v) is 15.2. The summed E-state index contributed by atoms with van der Waals surface area (Å²) >= 11 is 0. The van der Waals surface area contributed by atoms with Gasteiger partial charge in [0.2, 0.25) is 0 Å². The minimum Gasteiger partial charge on any atom is -0.504 e. The minimum atomic E-state index is -0.964. The number of para-hydroxylation sites is 2. The van der Waals surface area contributed by atoms with Crippen LogP contribution in [-0.2, 0) is 19.5 Å². The zero-order chi connectivity index (χ0) is 30.8. The van der Waals surface area contributed by atoms with Gasteiger partial charge in [0.05, 0.1) is 15.8 Å². The second-order valence-electron chi connectivity index (χ2n) is 10.6. The third-order valence-electron chi connectivity index (χ3n) is 7.58. The van der Waals surface area contributed by atoms with Gasteiger partial charge in [0, 0.05) is 17.2 Å². The fraction of sp³-hybridized carbons (Fsp3) is 0.0488. The van der Waals surface area contributed by atoms with Crippen LogP contribution in [0.2, 0.25) is 0 Å². The molecule has 6 aromatic rings. The molecule has 0 spiro atoms. The Morgan fingerprint density at radius 3 is 1.32 bits per heavy atom. The van der Waals surface area contributed by atoms with E-state index in [1.165, 1.54) is 33.4 Å². The number of fused-ring (bicyclic) bond motifs is 1. The van der Waals surface area contributed by atoms with Crippen molar-refractivity contribution < 1.29 is 23.9 Å². The summed E-state index contributed by atoms with van der Waals surface area (Å²) in [5.74, 6) is 4.74. The normalized spacial score (nSPS) is 11.8. The van der Waals surface area contributed by atoms with Gasteiger partial charge in [-0.2, -0.15) is 12.7 Å². The van der Waals surface area contributed by atoms with Crippen LogP contribution in [0, 0.1) is 18.6 Å². The quantitative estimate of drug-likeness (QED) is 0.0916. The monoisotopic (exact) mass is 742 g/mol. The van der Waals surface area contributed by atoms with Gasteiger partial charge in [0.1, 0.15) is 32.9 Å². The molecule has 0 N–H and O–H groups in total. The summed E-state index contributed by atoms with van der Waals surface area (Å²) in [4.78, 5) is 4.03. The molecule has 0 saturated carbocycles. The molecule has 0 fully saturated rings. The smallest absolute Gasteiger partial charge is 0.504 e. The maximum atomic E-state index is 12.9. The molecule has 0 amide bonds. The standard InChI is InChI=1S/C26H22P2.C14H11FN2.CH4.Ru/c1-5-13-23(14-6-1)27(24-15-7-2-8-16-24)21-22-28(25-17-9-3-10-18-25)26-19-11-4-12-20-26;1-16-10-17(12-8-6-11(15)7-9-12)14-5-3-2-4-13(14)16;;/h1-22H;2-8,10H,1H3;1H4;/q;-2;;+2/p+2. The first-order valence-corrected chi connectivity index (χ1v) is 18.1. The van der Waals surface area contributed by atoms with Gasteiger partial charge in [-0.3, -0.25) is 4.39 Å². The van der Waals surface area contributed by atoms with Crippen LogP contribution >= 0.6 is 15.8 Å². The topological polar surface area (TPSA) is 6.48 Å². The van der Waals surface area contributed by atoms with E-state index in [2.05, 4.69) is 145 Å². The van der Waals surface area contributed by atoms with Crippen LogP contribution in [0.3, 0.4) is 0 Å². The fourth-order valence-electron chi connectivity index (χ4n) is 5.36. The average Bonchev–Trinajstić information content (AvgIpc) is 3.45. The molecule has 0 bridgehead atoms. The van der Waals surface area contributed by atoms with Crippen molar-refractivity contribution in [2.45, 2.75) is 7.43 Å². The van der Waals surface area contributed by atoms with Gasteiger partial charge < -0.3 is 9.80 Å². The van der Waals surface area contributed by atoms with E-state index < -0.39 is 15.8 Å². The Bertz CT molecular complexity index is 1640. The SMILES string of the molecule is C.C(=C[PH+](c1ccccc1)c1ccccc1)[PH+](c1ccccc1)c1ccccc1.CN1[CH-]N(c2[c-]cc(F)cc2)c2ccccc21.[Ru+2]. The van der Waals surface area contributed by atoms with Gasteiger partial charge >= 0.3 is 19.5 Å². The molecular weight excluding hydrogens is 702 g/mol. The van der Waals surface area contributed by atoms with Crippen molar-refractivity contribution in [3.63, 3.8) is 0 Å². The number of anilines is 3. The number of hydrogen-bond acceptors (Lipinski definition) is 2. The van der Waals surface area contributed by atoms with Gasteiger partial charge in [-0.1, -0.05) is 92.4 Å². The van der Waals surface area contributed by atoms with Crippen molar-refractivity contribution in [3.05, 3.63) is 194 Å². The Kier molecular flexibility index (Phi) is 13.6.